The van der Waals surface area contributed by atoms with Crippen LogP contribution in [0.4, 0.5) is 24.7 Å². The number of fused-ring (bicyclic) bond motifs is 1. The number of aromatic nitrogens is 2. The van der Waals surface area contributed by atoms with Crippen molar-refractivity contribution in [1.82, 2.24) is 9.97 Å². The minimum absolute atomic E-state index is 0.102. The summed E-state index contributed by atoms with van der Waals surface area (Å²) in [6.45, 7) is 5.52. The molecule has 0 radical (unpaired) electrons. The van der Waals surface area contributed by atoms with Crippen molar-refractivity contribution in [2.45, 2.75) is 32.5 Å². The first-order chi connectivity index (χ1) is 16.0. The molecule has 8 heteroatoms. The first-order valence-corrected chi connectivity index (χ1v) is 10.6. The fraction of sp³-hybridized carbons (Fsp3) is 0.192. The Bertz CT molecular complexity index is 1350. The molecule has 1 heterocycles. The van der Waals surface area contributed by atoms with E-state index < -0.39 is 17.5 Å². The van der Waals surface area contributed by atoms with Gasteiger partial charge in [0.2, 0.25) is 5.82 Å². The summed E-state index contributed by atoms with van der Waals surface area (Å²) in [6, 6.07) is 21.1. The number of alkyl halides is 3. The number of carbonyl (C=O) groups excluding carboxylic acids is 1. The van der Waals surface area contributed by atoms with Crippen molar-refractivity contribution in [3.05, 3.63) is 84.2 Å². The maximum atomic E-state index is 13.4. The minimum Gasteiger partial charge on any atom is -0.365 e. The van der Waals surface area contributed by atoms with Crippen molar-refractivity contribution in [3.8, 4) is 11.1 Å². The van der Waals surface area contributed by atoms with Crippen LogP contribution in [0.2, 0.25) is 0 Å². The third kappa shape index (κ3) is 5.33. The molecular formula is C26H23F3N4O. The predicted molar refractivity (Wildman–Crippen MR) is 128 cm³/mol. The van der Waals surface area contributed by atoms with Crippen LogP contribution in [0, 0.1) is 0 Å². The van der Waals surface area contributed by atoms with Gasteiger partial charge in [-0.25, -0.2) is 9.97 Å². The highest BCUT2D eigenvalue weighted by Crippen LogP contribution is 2.33. The average molecular weight is 464 g/mol. The Morgan fingerprint density at radius 2 is 1.53 bits per heavy atom. The van der Waals surface area contributed by atoms with Crippen LogP contribution >= 0.6 is 0 Å². The van der Waals surface area contributed by atoms with Crippen LogP contribution in [0.5, 0.6) is 0 Å². The Hall–Kier alpha value is -3.94. The molecule has 0 bridgehead atoms. The number of amides is 1. The number of halogens is 3. The fourth-order valence-corrected chi connectivity index (χ4v) is 3.45. The van der Waals surface area contributed by atoms with Crippen molar-refractivity contribution >= 4 is 28.3 Å². The Labute approximate surface area is 195 Å². The summed E-state index contributed by atoms with van der Waals surface area (Å²) in [5.41, 5.74) is 2.26. The van der Waals surface area contributed by atoms with Gasteiger partial charge in [0.15, 0.2) is 0 Å². The number of anilines is 2. The second-order valence-corrected chi connectivity index (χ2v) is 8.90. The van der Waals surface area contributed by atoms with E-state index >= 15 is 0 Å². The van der Waals surface area contributed by atoms with E-state index in [1.54, 1.807) is 42.5 Å². The molecule has 1 aromatic heterocycles. The molecule has 174 valence electrons. The number of hydrogen-bond donors (Lipinski definition) is 2. The van der Waals surface area contributed by atoms with E-state index in [-0.39, 0.29) is 17.2 Å². The molecule has 0 saturated heterocycles. The van der Waals surface area contributed by atoms with E-state index in [1.807, 2.05) is 45.0 Å². The quantitative estimate of drug-likeness (QED) is 0.349. The normalized spacial score (nSPS) is 11.9. The average Bonchev–Trinajstić information content (AvgIpc) is 2.78. The third-order valence-electron chi connectivity index (χ3n) is 4.93. The Morgan fingerprint density at radius 1 is 0.824 bits per heavy atom. The predicted octanol–water partition coefficient (Wildman–Crippen LogP) is 6.78. The summed E-state index contributed by atoms with van der Waals surface area (Å²) in [5.74, 6) is -1.36. The first kappa shape index (κ1) is 23.2. The topological polar surface area (TPSA) is 66.9 Å². The third-order valence-corrected chi connectivity index (χ3v) is 4.93. The smallest absolute Gasteiger partial charge is 0.365 e. The fourth-order valence-electron chi connectivity index (χ4n) is 3.45. The molecule has 0 spiro atoms. The van der Waals surface area contributed by atoms with Gasteiger partial charge in [-0.1, -0.05) is 36.4 Å². The molecule has 4 rings (SSSR count). The van der Waals surface area contributed by atoms with Crippen LogP contribution < -0.4 is 10.6 Å². The molecule has 3 aromatic carbocycles. The Balaban J connectivity index is 1.74. The summed E-state index contributed by atoms with van der Waals surface area (Å²) in [7, 11) is 0. The van der Waals surface area contributed by atoms with Crippen LogP contribution in [0.3, 0.4) is 0 Å². The minimum atomic E-state index is -4.67. The number of nitrogens with zero attached hydrogens (tertiary/aromatic N) is 2. The lowest BCUT2D eigenvalue weighted by atomic mass is 10.0. The molecule has 0 aliphatic heterocycles. The molecule has 1 amide bonds. The molecule has 5 nitrogen and oxygen atoms in total. The monoisotopic (exact) mass is 464 g/mol. The van der Waals surface area contributed by atoms with E-state index in [4.69, 9.17) is 0 Å². The lowest BCUT2D eigenvalue weighted by Gasteiger charge is -2.23. The maximum absolute atomic E-state index is 13.4. The molecule has 4 aromatic rings. The highest BCUT2D eigenvalue weighted by molar-refractivity contribution is 6.05. The summed E-state index contributed by atoms with van der Waals surface area (Å²) in [4.78, 5) is 20.2. The molecule has 0 aliphatic carbocycles. The lowest BCUT2D eigenvalue weighted by Crippen LogP contribution is -2.27. The molecule has 0 aliphatic rings. The number of para-hydroxylation sites is 1. The second kappa shape index (κ2) is 8.78. The first-order valence-electron chi connectivity index (χ1n) is 10.6. The van der Waals surface area contributed by atoms with Crippen LogP contribution in [0.1, 0.15) is 37.0 Å². The van der Waals surface area contributed by atoms with Gasteiger partial charge in [-0.2, -0.15) is 13.2 Å². The molecule has 2 N–H and O–H groups in total. The number of nitrogens with one attached hydrogen (secondary N) is 2. The SMILES string of the molecule is CC(C)(C)Nc1nc(C(F)(F)F)nc2ccc(-c3cccc(C(=O)Nc4ccccc4)c3)cc12. The zero-order chi connectivity index (χ0) is 24.5. The number of hydrogen-bond acceptors (Lipinski definition) is 4. The number of benzene rings is 3. The van der Waals surface area contributed by atoms with Crippen LogP contribution in [0.15, 0.2) is 72.8 Å². The molecular weight excluding hydrogens is 441 g/mol. The molecule has 0 fully saturated rings. The van der Waals surface area contributed by atoms with Crippen LogP contribution in [-0.2, 0) is 6.18 Å². The second-order valence-electron chi connectivity index (χ2n) is 8.90. The van der Waals surface area contributed by atoms with Gasteiger partial charge in [0.1, 0.15) is 5.82 Å². The molecule has 0 unspecified atom stereocenters. The van der Waals surface area contributed by atoms with Gasteiger partial charge in [0, 0.05) is 22.2 Å². The van der Waals surface area contributed by atoms with E-state index in [0.717, 1.165) is 11.1 Å². The van der Waals surface area contributed by atoms with E-state index in [9.17, 15) is 18.0 Å². The Morgan fingerprint density at radius 3 is 2.21 bits per heavy atom. The van der Waals surface area contributed by atoms with Gasteiger partial charge in [-0.15, -0.1) is 0 Å². The zero-order valence-electron chi connectivity index (χ0n) is 18.9. The number of carbonyl (C=O) groups is 1. The summed E-state index contributed by atoms with van der Waals surface area (Å²) >= 11 is 0. The molecule has 0 atom stereocenters. The Kier molecular flexibility index (Phi) is 6.00. The van der Waals surface area contributed by atoms with Crippen molar-refractivity contribution < 1.29 is 18.0 Å². The van der Waals surface area contributed by atoms with Crippen molar-refractivity contribution in [1.29, 1.82) is 0 Å². The highest BCUT2D eigenvalue weighted by atomic mass is 19.4. The highest BCUT2D eigenvalue weighted by Gasteiger charge is 2.36. The van der Waals surface area contributed by atoms with Gasteiger partial charge in [-0.05, 0) is 68.3 Å². The number of rotatable bonds is 4. The standard InChI is InChI=1S/C26H23F3N4O/c1-25(2,3)33-22-20-15-17(12-13-21(20)31-24(32-22)26(27,28)29)16-8-7-9-18(14-16)23(34)30-19-10-5-4-6-11-19/h4-15H,1-3H3,(H,30,34)(H,31,32,33). The van der Waals surface area contributed by atoms with Gasteiger partial charge in [-0.3, -0.25) is 4.79 Å². The van der Waals surface area contributed by atoms with Crippen LogP contribution in [0.25, 0.3) is 22.0 Å². The van der Waals surface area contributed by atoms with E-state index in [0.29, 0.717) is 16.6 Å². The summed E-state index contributed by atoms with van der Waals surface area (Å²) in [5, 5.41) is 6.36. The summed E-state index contributed by atoms with van der Waals surface area (Å²) in [6.07, 6.45) is -4.67. The zero-order valence-corrected chi connectivity index (χ0v) is 18.9. The molecule has 0 saturated carbocycles. The maximum Gasteiger partial charge on any atom is 0.451 e. The van der Waals surface area contributed by atoms with Crippen molar-refractivity contribution in [2.75, 3.05) is 10.6 Å². The van der Waals surface area contributed by atoms with Gasteiger partial charge >= 0.3 is 6.18 Å². The largest absolute Gasteiger partial charge is 0.451 e. The van der Waals surface area contributed by atoms with Gasteiger partial charge < -0.3 is 10.6 Å². The lowest BCUT2D eigenvalue weighted by molar-refractivity contribution is -0.144. The van der Waals surface area contributed by atoms with Crippen molar-refractivity contribution in [2.24, 2.45) is 0 Å². The van der Waals surface area contributed by atoms with E-state index in [2.05, 4.69) is 20.6 Å². The van der Waals surface area contributed by atoms with Gasteiger partial charge in [0.25, 0.3) is 5.91 Å². The van der Waals surface area contributed by atoms with Gasteiger partial charge in [0.05, 0.1) is 5.52 Å². The summed E-state index contributed by atoms with van der Waals surface area (Å²) < 4.78 is 40.1. The molecule has 34 heavy (non-hydrogen) atoms. The van der Waals surface area contributed by atoms with Crippen LogP contribution in [-0.4, -0.2) is 21.4 Å². The van der Waals surface area contributed by atoms with Crippen molar-refractivity contribution in [3.63, 3.8) is 0 Å². The van der Waals surface area contributed by atoms with E-state index in [1.165, 1.54) is 6.07 Å².